The lowest BCUT2D eigenvalue weighted by atomic mass is 10.3. The van der Waals surface area contributed by atoms with Crippen molar-refractivity contribution >= 4 is 5.82 Å². The third-order valence-electron chi connectivity index (χ3n) is 3.81. The van der Waals surface area contributed by atoms with Gasteiger partial charge in [-0.1, -0.05) is 13.8 Å². The summed E-state index contributed by atoms with van der Waals surface area (Å²) < 4.78 is 5.55. The van der Waals surface area contributed by atoms with Gasteiger partial charge in [0, 0.05) is 18.5 Å². The van der Waals surface area contributed by atoms with Crippen LogP contribution in [0.1, 0.15) is 51.8 Å². The van der Waals surface area contributed by atoms with Gasteiger partial charge < -0.3 is 15.0 Å². The summed E-state index contributed by atoms with van der Waals surface area (Å²) in [5.41, 5.74) is 0. The Morgan fingerprint density at radius 3 is 2.62 bits per heavy atom. The first-order chi connectivity index (χ1) is 10.3. The zero-order valence-electron chi connectivity index (χ0n) is 13.6. The predicted octanol–water partition coefficient (Wildman–Crippen LogP) is 2.90. The van der Waals surface area contributed by atoms with Crippen LogP contribution in [0.4, 0.5) is 5.82 Å². The van der Waals surface area contributed by atoms with Crippen LogP contribution in [0.2, 0.25) is 0 Å². The van der Waals surface area contributed by atoms with E-state index in [2.05, 4.69) is 34.0 Å². The summed E-state index contributed by atoms with van der Waals surface area (Å²) in [6.45, 7) is 11.3. The fraction of sp³-hybridized carbons (Fsp3) is 0.750. The molecule has 21 heavy (non-hydrogen) atoms. The number of ether oxygens (including phenoxy) is 1. The number of aromatic nitrogens is 2. The summed E-state index contributed by atoms with van der Waals surface area (Å²) in [6, 6.07) is 1.91. The highest BCUT2D eigenvalue weighted by Crippen LogP contribution is 2.39. The summed E-state index contributed by atoms with van der Waals surface area (Å²) in [4.78, 5) is 11.5. The maximum atomic E-state index is 5.55. The van der Waals surface area contributed by atoms with Crippen molar-refractivity contribution in [1.82, 2.24) is 14.9 Å². The summed E-state index contributed by atoms with van der Waals surface area (Å²) in [5.74, 6) is 3.07. The van der Waals surface area contributed by atoms with Gasteiger partial charge in [-0.05, 0) is 45.8 Å². The van der Waals surface area contributed by atoms with Gasteiger partial charge in [0.25, 0.3) is 0 Å². The number of hydrogen-bond donors (Lipinski definition) is 1. The van der Waals surface area contributed by atoms with E-state index in [1.54, 1.807) is 0 Å². The molecule has 1 aromatic rings. The van der Waals surface area contributed by atoms with Gasteiger partial charge in [-0.2, -0.15) is 4.98 Å². The van der Waals surface area contributed by atoms with E-state index in [1.807, 2.05) is 13.0 Å². The molecule has 1 aliphatic rings. The number of nitrogens with zero attached hydrogens (tertiary/aromatic N) is 3. The third kappa shape index (κ3) is 5.16. The molecule has 0 bridgehead atoms. The van der Waals surface area contributed by atoms with Gasteiger partial charge in [0.1, 0.15) is 11.6 Å². The lowest BCUT2D eigenvalue weighted by Crippen LogP contribution is -2.25. The molecule has 0 aliphatic heterocycles. The number of hydrogen-bond acceptors (Lipinski definition) is 5. The Morgan fingerprint density at radius 2 is 2.00 bits per heavy atom. The Morgan fingerprint density at radius 1 is 1.24 bits per heavy atom. The molecule has 0 amide bonds. The summed E-state index contributed by atoms with van der Waals surface area (Å²) in [5, 5.41) is 3.41. The normalized spacial score (nSPS) is 14.5. The molecule has 118 valence electrons. The van der Waals surface area contributed by atoms with Gasteiger partial charge in [0.2, 0.25) is 5.88 Å². The Hall–Kier alpha value is -1.36. The zero-order valence-corrected chi connectivity index (χ0v) is 13.6. The van der Waals surface area contributed by atoms with E-state index in [0.29, 0.717) is 18.4 Å². The second-order valence-electron chi connectivity index (χ2n) is 5.46. The lowest BCUT2D eigenvalue weighted by Gasteiger charge is -2.18. The molecule has 1 saturated carbocycles. The van der Waals surface area contributed by atoms with Crippen molar-refractivity contribution in [3.05, 3.63) is 11.9 Å². The first-order valence-electron chi connectivity index (χ1n) is 8.24. The molecule has 0 aromatic carbocycles. The van der Waals surface area contributed by atoms with Crippen molar-refractivity contribution in [2.75, 3.05) is 38.1 Å². The highest BCUT2D eigenvalue weighted by atomic mass is 16.5. The Bertz CT molecular complexity index is 430. The van der Waals surface area contributed by atoms with Crippen LogP contribution >= 0.6 is 0 Å². The molecule has 0 saturated heterocycles. The van der Waals surface area contributed by atoms with Crippen LogP contribution in [-0.4, -0.2) is 47.7 Å². The average Bonchev–Trinajstić information content (AvgIpc) is 3.32. The quantitative estimate of drug-likeness (QED) is 0.672. The van der Waals surface area contributed by atoms with Gasteiger partial charge in [-0.3, -0.25) is 0 Å². The van der Waals surface area contributed by atoms with Crippen LogP contribution in [-0.2, 0) is 0 Å². The van der Waals surface area contributed by atoms with E-state index in [4.69, 9.17) is 4.74 Å². The first-order valence-corrected chi connectivity index (χ1v) is 8.24. The Balaban J connectivity index is 1.86. The van der Waals surface area contributed by atoms with Crippen LogP contribution < -0.4 is 10.1 Å². The van der Waals surface area contributed by atoms with Gasteiger partial charge in [-0.25, -0.2) is 4.98 Å². The maximum Gasteiger partial charge on any atom is 0.218 e. The van der Waals surface area contributed by atoms with Crippen LogP contribution in [0, 0.1) is 0 Å². The first kappa shape index (κ1) is 16.0. The molecule has 1 N–H and O–H groups in total. The maximum absolute atomic E-state index is 5.55. The molecule has 1 aromatic heterocycles. The van der Waals surface area contributed by atoms with Crippen molar-refractivity contribution in [2.24, 2.45) is 0 Å². The van der Waals surface area contributed by atoms with E-state index in [1.165, 1.54) is 12.8 Å². The fourth-order valence-electron chi connectivity index (χ4n) is 2.34. The minimum Gasteiger partial charge on any atom is -0.478 e. The second kappa shape index (κ2) is 8.17. The highest BCUT2D eigenvalue weighted by Gasteiger charge is 2.27. The smallest absolute Gasteiger partial charge is 0.218 e. The largest absolute Gasteiger partial charge is 0.478 e. The summed E-state index contributed by atoms with van der Waals surface area (Å²) in [7, 11) is 0. The van der Waals surface area contributed by atoms with E-state index in [9.17, 15) is 0 Å². The molecule has 5 nitrogen and oxygen atoms in total. The number of rotatable bonds is 10. The lowest BCUT2D eigenvalue weighted by molar-refractivity contribution is 0.303. The SMILES string of the molecule is CCOc1cc(NCCCN(CC)CC)nc(C2CC2)n1. The highest BCUT2D eigenvalue weighted by molar-refractivity contribution is 5.39. The second-order valence-corrected chi connectivity index (χ2v) is 5.46. The molecule has 0 unspecified atom stereocenters. The average molecular weight is 292 g/mol. The van der Waals surface area contributed by atoms with Gasteiger partial charge in [-0.15, -0.1) is 0 Å². The van der Waals surface area contributed by atoms with E-state index < -0.39 is 0 Å². The molecule has 0 atom stereocenters. The van der Waals surface area contributed by atoms with E-state index in [0.717, 1.165) is 44.2 Å². The topological polar surface area (TPSA) is 50.3 Å². The van der Waals surface area contributed by atoms with Crippen LogP contribution in [0.5, 0.6) is 5.88 Å². The monoisotopic (exact) mass is 292 g/mol. The van der Waals surface area contributed by atoms with Gasteiger partial charge in [0.15, 0.2) is 0 Å². The van der Waals surface area contributed by atoms with Crippen molar-refractivity contribution in [2.45, 2.75) is 46.0 Å². The van der Waals surface area contributed by atoms with Crippen molar-refractivity contribution in [1.29, 1.82) is 0 Å². The Kier molecular flexibility index (Phi) is 6.23. The minimum absolute atomic E-state index is 0.543. The minimum atomic E-state index is 0.543. The van der Waals surface area contributed by atoms with E-state index in [-0.39, 0.29) is 0 Å². The molecule has 0 radical (unpaired) electrons. The van der Waals surface area contributed by atoms with Gasteiger partial charge >= 0.3 is 0 Å². The molecular formula is C16H28N4O. The molecule has 0 spiro atoms. The third-order valence-corrected chi connectivity index (χ3v) is 3.81. The van der Waals surface area contributed by atoms with Crippen LogP contribution in [0.15, 0.2) is 6.07 Å². The Labute approximate surface area is 128 Å². The molecule has 5 heteroatoms. The van der Waals surface area contributed by atoms with Crippen molar-refractivity contribution in [3.8, 4) is 5.88 Å². The molecule has 1 heterocycles. The zero-order chi connectivity index (χ0) is 15.1. The van der Waals surface area contributed by atoms with Crippen LogP contribution in [0.3, 0.4) is 0 Å². The molecular weight excluding hydrogens is 264 g/mol. The van der Waals surface area contributed by atoms with Gasteiger partial charge in [0.05, 0.1) is 6.61 Å². The summed E-state index contributed by atoms with van der Waals surface area (Å²) >= 11 is 0. The fourth-order valence-corrected chi connectivity index (χ4v) is 2.34. The predicted molar refractivity (Wildman–Crippen MR) is 86.1 cm³/mol. The van der Waals surface area contributed by atoms with Crippen molar-refractivity contribution in [3.63, 3.8) is 0 Å². The standard InChI is InChI=1S/C16H28N4O/c1-4-20(5-2)11-7-10-17-14-12-15(21-6-3)19-16(18-14)13-8-9-13/h12-13H,4-11H2,1-3H3,(H,17,18,19). The van der Waals surface area contributed by atoms with Crippen LogP contribution in [0.25, 0.3) is 0 Å². The molecule has 1 fully saturated rings. The van der Waals surface area contributed by atoms with Crippen molar-refractivity contribution < 1.29 is 4.74 Å². The molecule has 1 aliphatic carbocycles. The number of anilines is 1. The molecule has 2 rings (SSSR count). The summed E-state index contributed by atoms with van der Waals surface area (Å²) in [6.07, 6.45) is 3.53. The van der Waals surface area contributed by atoms with E-state index >= 15 is 0 Å². The number of nitrogens with one attached hydrogen (secondary N) is 1.